The first kappa shape index (κ1) is 14.6. The molecule has 2 aromatic carbocycles. The fourth-order valence-electron chi connectivity index (χ4n) is 1.75. The number of nitrogens with one attached hydrogen (secondary N) is 1. The Hall–Kier alpha value is -1.78. The van der Waals surface area contributed by atoms with E-state index in [1.165, 1.54) is 24.3 Å². The molecule has 0 fully saturated rings. The summed E-state index contributed by atoms with van der Waals surface area (Å²) in [5, 5.41) is 2.96. The Balaban J connectivity index is 2.28. The topological polar surface area (TPSA) is 55.1 Å². The monoisotopic (exact) mass is 312 g/mol. The van der Waals surface area contributed by atoms with E-state index in [-0.39, 0.29) is 21.3 Å². The number of carbonyl (C=O) groups excluding carboxylic acids is 1. The van der Waals surface area contributed by atoms with Crippen molar-refractivity contribution in [2.45, 2.75) is 6.92 Å². The van der Waals surface area contributed by atoms with Gasteiger partial charge < -0.3 is 11.1 Å². The van der Waals surface area contributed by atoms with Crippen LogP contribution in [0.5, 0.6) is 0 Å². The molecule has 104 valence electrons. The molecule has 1 amide bonds. The number of nitrogen functional groups attached to an aromatic ring is 1. The zero-order chi connectivity index (χ0) is 14.9. The molecule has 0 atom stereocenters. The second kappa shape index (κ2) is 5.69. The number of halogens is 3. The third-order valence-electron chi connectivity index (χ3n) is 2.62. The standard InChI is InChI=1S/C14H11Cl2FN2O/c1-7-2-9(17)6-10(3-7)19-14(20)8-4-11(15)13(16)12(18)5-8/h2-6H,18H2,1H3,(H,19,20). The van der Waals surface area contributed by atoms with Crippen LogP contribution in [0, 0.1) is 12.7 Å². The van der Waals surface area contributed by atoms with Gasteiger partial charge in [0.25, 0.3) is 5.91 Å². The second-order valence-corrected chi connectivity index (χ2v) is 5.12. The van der Waals surface area contributed by atoms with Crippen molar-refractivity contribution in [3.05, 3.63) is 57.3 Å². The fraction of sp³-hybridized carbons (Fsp3) is 0.0714. The molecule has 0 spiro atoms. The number of rotatable bonds is 2. The van der Waals surface area contributed by atoms with Crippen LogP contribution >= 0.6 is 23.2 Å². The van der Waals surface area contributed by atoms with Crippen molar-refractivity contribution < 1.29 is 9.18 Å². The Morgan fingerprint density at radius 3 is 2.50 bits per heavy atom. The molecular formula is C14H11Cl2FN2O. The lowest BCUT2D eigenvalue weighted by Gasteiger charge is -2.09. The summed E-state index contributed by atoms with van der Waals surface area (Å²) in [4.78, 5) is 12.1. The van der Waals surface area contributed by atoms with Crippen LogP contribution in [0.4, 0.5) is 15.8 Å². The Morgan fingerprint density at radius 1 is 1.20 bits per heavy atom. The predicted octanol–water partition coefficient (Wildman–Crippen LogP) is 4.28. The molecule has 0 aliphatic carbocycles. The number of carbonyl (C=O) groups is 1. The largest absolute Gasteiger partial charge is 0.397 e. The molecular weight excluding hydrogens is 302 g/mol. The van der Waals surface area contributed by atoms with Crippen molar-refractivity contribution >= 4 is 40.5 Å². The van der Waals surface area contributed by atoms with Gasteiger partial charge in [-0.25, -0.2) is 4.39 Å². The Morgan fingerprint density at radius 2 is 1.90 bits per heavy atom. The maximum atomic E-state index is 13.3. The van der Waals surface area contributed by atoms with Crippen LogP contribution < -0.4 is 11.1 Å². The van der Waals surface area contributed by atoms with Gasteiger partial charge in [0, 0.05) is 11.3 Å². The van der Waals surface area contributed by atoms with Crippen LogP contribution in [-0.4, -0.2) is 5.91 Å². The van der Waals surface area contributed by atoms with Crippen molar-refractivity contribution in [1.82, 2.24) is 0 Å². The van der Waals surface area contributed by atoms with Gasteiger partial charge in [-0.05, 0) is 42.8 Å². The van der Waals surface area contributed by atoms with E-state index in [1.807, 2.05) is 0 Å². The van der Waals surface area contributed by atoms with Gasteiger partial charge in [-0.2, -0.15) is 0 Å². The number of amides is 1. The Kier molecular flexibility index (Phi) is 4.16. The maximum absolute atomic E-state index is 13.3. The molecule has 0 aromatic heterocycles. The number of anilines is 2. The van der Waals surface area contributed by atoms with E-state index in [0.29, 0.717) is 11.3 Å². The first-order chi connectivity index (χ1) is 9.36. The number of benzene rings is 2. The van der Waals surface area contributed by atoms with Crippen LogP contribution in [-0.2, 0) is 0 Å². The van der Waals surface area contributed by atoms with Gasteiger partial charge in [0.2, 0.25) is 0 Å². The van der Waals surface area contributed by atoms with Gasteiger partial charge in [-0.1, -0.05) is 23.2 Å². The molecule has 0 bridgehead atoms. The summed E-state index contributed by atoms with van der Waals surface area (Å²) in [5.41, 5.74) is 7.16. The molecule has 0 heterocycles. The van der Waals surface area contributed by atoms with E-state index in [4.69, 9.17) is 28.9 Å². The number of hydrogen-bond acceptors (Lipinski definition) is 2. The quantitative estimate of drug-likeness (QED) is 0.813. The first-order valence-electron chi connectivity index (χ1n) is 5.70. The lowest BCUT2D eigenvalue weighted by Crippen LogP contribution is -2.12. The van der Waals surface area contributed by atoms with Crippen LogP contribution in [0.1, 0.15) is 15.9 Å². The minimum atomic E-state index is -0.444. The van der Waals surface area contributed by atoms with Gasteiger partial charge in [0.05, 0.1) is 15.7 Å². The highest BCUT2D eigenvalue weighted by Crippen LogP contribution is 2.29. The van der Waals surface area contributed by atoms with Crippen LogP contribution in [0.3, 0.4) is 0 Å². The van der Waals surface area contributed by atoms with E-state index < -0.39 is 11.7 Å². The molecule has 3 N–H and O–H groups in total. The van der Waals surface area contributed by atoms with E-state index >= 15 is 0 Å². The summed E-state index contributed by atoms with van der Waals surface area (Å²) in [6.07, 6.45) is 0. The molecule has 3 nitrogen and oxygen atoms in total. The van der Waals surface area contributed by atoms with E-state index in [0.717, 1.165) is 0 Å². The van der Waals surface area contributed by atoms with Crippen LogP contribution in [0.25, 0.3) is 0 Å². The highest BCUT2D eigenvalue weighted by atomic mass is 35.5. The molecule has 0 radical (unpaired) electrons. The van der Waals surface area contributed by atoms with Crippen molar-refractivity contribution in [3.8, 4) is 0 Å². The molecule has 0 aliphatic heterocycles. The van der Waals surface area contributed by atoms with Gasteiger partial charge >= 0.3 is 0 Å². The third kappa shape index (κ3) is 3.21. The number of aryl methyl sites for hydroxylation is 1. The van der Waals surface area contributed by atoms with Gasteiger partial charge in [0.1, 0.15) is 5.82 Å². The predicted molar refractivity (Wildman–Crippen MR) is 80.0 cm³/mol. The van der Waals surface area contributed by atoms with Crippen LogP contribution in [0.15, 0.2) is 30.3 Å². The molecule has 20 heavy (non-hydrogen) atoms. The molecule has 2 rings (SSSR count). The minimum Gasteiger partial charge on any atom is -0.397 e. The molecule has 6 heteroatoms. The van der Waals surface area contributed by atoms with Crippen molar-refractivity contribution in [2.24, 2.45) is 0 Å². The minimum absolute atomic E-state index is 0.187. The van der Waals surface area contributed by atoms with Gasteiger partial charge in [0.15, 0.2) is 0 Å². The van der Waals surface area contributed by atoms with Gasteiger partial charge in [-0.15, -0.1) is 0 Å². The molecule has 0 aliphatic rings. The third-order valence-corrected chi connectivity index (χ3v) is 3.44. The summed E-state index contributed by atoms with van der Waals surface area (Å²) in [7, 11) is 0. The average Bonchev–Trinajstić information content (AvgIpc) is 2.33. The second-order valence-electron chi connectivity index (χ2n) is 4.33. The average molecular weight is 313 g/mol. The smallest absolute Gasteiger partial charge is 0.255 e. The van der Waals surface area contributed by atoms with Crippen LogP contribution in [0.2, 0.25) is 10.0 Å². The highest BCUT2D eigenvalue weighted by Gasteiger charge is 2.12. The van der Waals surface area contributed by atoms with Crippen molar-refractivity contribution in [3.63, 3.8) is 0 Å². The lowest BCUT2D eigenvalue weighted by molar-refractivity contribution is 0.102. The zero-order valence-electron chi connectivity index (χ0n) is 10.5. The van der Waals surface area contributed by atoms with Gasteiger partial charge in [-0.3, -0.25) is 4.79 Å². The lowest BCUT2D eigenvalue weighted by atomic mass is 10.1. The number of nitrogens with two attached hydrogens (primary N) is 1. The summed E-state index contributed by atoms with van der Waals surface area (Å²) in [6, 6.07) is 7.07. The normalized spacial score (nSPS) is 10.4. The highest BCUT2D eigenvalue weighted by molar-refractivity contribution is 6.44. The number of hydrogen-bond donors (Lipinski definition) is 2. The molecule has 0 saturated carbocycles. The zero-order valence-corrected chi connectivity index (χ0v) is 12.0. The summed E-state index contributed by atoms with van der Waals surface area (Å²) >= 11 is 11.7. The van der Waals surface area contributed by atoms with E-state index in [1.54, 1.807) is 13.0 Å². The molecule has 2 aromatic rings. The molecule has 0 unspecified atom stereocenters. The van der Waals surface area contributed by atoms with Crippen molar-refractivity contribution in [2.75, 3.05) is 11.1 Å². The molecule has 0 saturated heterocycles. The summed E-state index contributed by atoms with van der Waals surface area (Å²) in [6.45, 7) is 1.73. The summed E-state index contributed by atoms with van der Waals surface area (Å²) in [5.74, 6) is -0.866. The Labute approximate surface area is 125 Å². The van der Waals surface area contributed by atoms with E-state index in [2.05, 4.69) is 5.32 Å². The summed E-state index contributed by atoms with van der Waals surface area (Å²) < 4.78 is 13.3. The Bertz CT molecular complexity index is 646. The first-order valence-corrected chi connectivity index (χ1v) is 6.45. The van der Waals surface area contributed by atoms with Crippen molar-refractivity contribution in [1.29, 1.82) is 0 Å². The van der Waals surface area contributed by atoms with E-state index in [9.17, 15) is 9.18 Å². The fourth-order valence-corrected chi connectivity index (χ4v) is 2.09. The SMILES string of the molecule is Cc1cc(F)cc(NC(=O)c2cc(N)c(Cl)c(Cl)c2)c1. The maximum Gasteiger partial charge on any atom is 0.255 e.